The van der Waals surface area contributed by atoms with Crippen LogP contribution in [0.5, 0.6) is 0 Å². The van der Waals surface area contributed by atoms with Crippen LogP contribution in [-0.4, -0.2) is 29.7 Å². The van der Waals surface area contributed by atoms with E-state index in [4.69, 9.17) is 16.3 Å². The monoisotopic (exact) mass is 303 g/mol. The Morgan fingerprint density at radius 2 is 2.10 bits per heavy atom. The highest BCUT2D eigenvalue weighted by molar-refractivity contribution is 6.29. The lowest BCUT2D eigenvalue weighted by atomic mass is 10.0. The van der Waals surface area contributed by atoms with Gasteiger partial charge < -0.3 is 10.1 Å². The quantitative estimate of drug-likeness (QED) is 0.876. The zero-order valence-corrected chi connectivity index (χ0v) is 12.5. The van der Waals surface area contributed by atoms with Gasteiger partial charge in [-0.2, -0.15) is 0 Å². The summed E-state index contributed by atoms with van der Waals surface area (Å²) in [4.78, 5) is 8.83. The summed E-state index contributed by atoms with van der Waals surface area (Å²) in [5.41, 5.74) is 0.962. The minimum Gasteiger partial charge on any atom is -0.381 e. The van der Waals surface area contributed by atoms with E-state index in [-0.39, 0.29) is 0 Å². The van der Waals surface area contributed by atoms with Gasteiger partial charge in [-0.1, -0.05) is 41.9 Å². The molecule has 0 bridgehead atoms. The Labute approximate surface area is 129 Å². The Bertz CT molecular complexity index is 585. The van der Waals surface area contributed by atoms with Gasteiger partial charge in [0.05, 0.1) is 6.61 Å². The number of halogens is 1. The molecule has 0 saturated carbocycles. The van der Waals surface area contributed by atoms with Gasteiger partial charge in [-0.25, -0.2) is 9.97 Å². The van der Waals surface area contributed by atoms with Crippen molar-refractivity contribution in [2.45, 2.75) is 12.8 Å². The summed E-state index contributed by atoms with van der Waals surface area (Å²) in [6.07, 6.45) is 2.32. The Balaban J connectivity index is 1.72. The summed E-state index contributed by atoms with van der Waals surface area (Å²) in [5, 5.41) is 3.80. The smallest absolute Gasteiger partial charge is 0.163 e. The van der Waals surface area contributed by atoms with Crippen molar-refractivity contribution in [3.63, 3.8) is 0 Å². The molecule has 1 aromatic carbocycles. The number of nitrogens with one attached hydrogen (secondary N) is 1. The second-order valence-corrected chi connectivity index (χ2v) is 5.62. The topological polar surface area (TPSA) is 47.0 Å². The molecule has 1 N–H and O–H groups in total. The van der Waals surface area contributed by atoms with Crippen LogP contribution < -0.4 is 5.32 Å². The van der Waals surface area contributed by atoms with Crippen molar-refractivity contribution >= 4 is 17.4 Å². The Hall–Kier alpha value is -1.65. The maximum atomic E-state index is 6.11. The number of hydrogen-bond acceptors (Lipinski definition) is 4. The van der Waals surface area contributed by atoms with Crippen molar-refractivity contribution < 1.29 is 4.74 Å². The second kappa shape index (κ2) is 6.87. The van der Waals surface area contributed by atoms with Crippen LogP contribution in [0, 0.1) is 5.92 Å². The summed E-state index contributed by atoms with van der Waals surface area (Å²) in [7, 11) is 0. The number of hydrogen-bond donors (Lipinski definition) is 1. The second-order valence-electron chi connectivity index (χ2n) is 5.23. The van der Waals surface area contributed by atoms with Crippen molar-refractivity contribution in [2.24, 2.45) is 5.92 Å². The molecule has 3 rings (SSSR count). The van der Waals surface area contributed by atoms with Gasteiger partial charge in [0.25, 0.3) is 0 Å². The normalized spacial score (nSPS) is 18.4. The van der Waals surface area contributed by atoms with E-state index in [1.54, 1.807) is 6.07 Å². The van der Waals surface area contributed by atoms with E-state index >= 15 is 0 Å². The van der Waals surface area contributed by atoms with Gasteiger partial charge in [0.2, 0.25) is 0 Å². The fraction of sp³-hybridized carbons (Fsp3) is 0.375. The molecule has 1 fully saturated rings. The highest BCUT2D eigenvalue weighted by Crippen LogP contribution is 2.21. The maximum absolute atomic E-state index is 6.11. The molecule has 1 atom stereocenters. The number of benzene rings is 1. The van der Waals surface area contributed by atoms with Gasteiger partial charge in [-0.05, 0) is 18.8 Å². The lowest BCUT2D eigenvalue weighted by Gasteiger charge is -2.22. The third kappa shape index (κ3) is 3.93. The summed E-state index contributed by atoms with van der Waals surface area (Å²) in [6.45, 7) is 2.55. The molecule has 1 unspecified atom stereocenters. The predicted octanol–water partition coefficient (Wildman–Crippen LogP) is 3.64. The molecule has 21 heavy (non-hydrogen) atoms. The van der Waals surface area contributed by atoms with E-state index in [9.17, 15) is 0 Å². The maximum Gasteiger partial charge on any atom is 0.163 e. The van der Waals surface area contributed by atoms with Crippen LogP contribution in [0.4, 0.5) is 5.82 Å². The third-order valence-electron chi connectivity index (χ3n) is 3.55. The highest BCUT2D eigenvalue weighted by atomic mass is 35.5. The largest absolute Gasteiger partial charge is 0.381 e. The molecule has 2 heterocycles. The first-order valence-corrected chi connectivity index (χ1v) is 7.61. The molecule has 110 valence electrons. The van der Waals surface area contributed by atoms with Crippen molar-refractivity contribution in [1.82, 2.24) is 9.97 Å². The molecule has 0 radical (unpaired) electrons. The molecule has 1 aromatic heterocycles. The number of nitrogens with zero attached hydrogens (tertiary/aromatic N) is 2. The Morgan fingerprint density at radius 3 is 2.86 bits per heavy atom. The van der Waals surface area contributed by atoms with E-state index in [1.165, 1.54) is 6.42 Å². The first-order chi connectivity index (χ1) is 10.3. The van der Waals surface area contributed by atoms with Crippen molar-refractivity contribution in [3.8, 4) is 11.4 Å². The molecule has 2 aromatic rings. The van der Waals surface area contributed by atoms with E-state index in [0.29, 0.717) is 16.9 Å². The third-order valence-corrected chi connectivity index (χ3v) is 3.75. The number of ether oxygens (including phenoxy) is 1. The molecule has 1 aliphatic rings. The zero-order chi connectivity index (χ0) is 14.5. The average molecular weight is 304 g/mol. The molecule has 0 spiro atoms. The lowest BCUT2D eigenvalue weighted by molar-refractivity contribution is 0.0595. The van der Waals surface area contributed by atoms with Crippen LogP contribution in [0.25, 0.3) is 11.4 Å². The lowest BCUT2D eigenvalue weighted by Crippen LogP contribution is -2.24. The van der Waals surface area contributed by atoms with Crippen LogP contribution in [0.2, 0.25) is 5.15 Å². The molecule has 1 aliphatic heterocycles. The molecule has 0 amide bonds. The number of aromatic nitrogens is 2. The predicted molar refractivity (Wildman–Crippen MR) is 84.5 cm³/mol. The van der Waals surface area contributed by atoms with Gasteiger partial charge in [-0.15, -0.1) is 0 Å². The molecule has 1 saturated heterocycles. The molecule has 0 aliphatic carbocycles. The molecule has 5 heteroatoms. The highest BCUT2D eigenvalue weighted by Gasteiger charge is 2.14. The van der Waals surface area contributed by atoms with Gasteiger partial charge in [0.15, 0.2) is 5.82 Å². The van der Waals surface area contributed by atoms with Gasteiger partial charge in [-0.3, -0.25) is 0 Å². The summed E-state index contributed by atoms with van der Waals surface area (Å²) >= 11 is 6.11. The molecular weight excluding hydrogens is 286 g/mol. The van der Waals surface area contributed by atoms with Gasteiger partial charge >= 0.3 is 0 Å². The number of rotatable bonds is 4. The van der Waals surface area contributed by atoms with Gasteiger partial charge in [0, 0.05) is 24.8 Å². The van der Waals surface area contributed by atoms with Crippen LogP contribution >= 0.6 is 11.6 Å². The van der Waals surface area contributed by atoms with Crippen molar-refractivity contribution in [2.75, 3.05) is 25.1 Å². The van der Waals surface area contributed by atoms with Crippen LogP contribution in [0.3, 0.4) is 0 Å². The SMILES string of the molecule is Clc1cc(NCC2CCCOC2)nc(-c2ccccc2)n1. The summed E-state index contributed by atoms with van der Waals surface area (Å²) in [6, 6.07) is 11.6. The average Bonchev–Trinajstić information content (AvgIpc) is 2.54. The summed E-state index contributed by atoms with van der Waals surface area (Å²) in [5.74, 6) is 1.94. The fourth-order valence-corrected chi connectivity index (χ4v) is 2.63. The first kappa shape index (κ1) is 14.3. The van der Waals surface area contributed by atoms with E-state index in [1.807, 2.05) is 30.3 Å². The minimum atomic E-state index is 0.450. The van der Waals surface area contributed by atoms with Crippen LogP contribution in [0.1, 0.15) is 12.8 Å². The number of anilines is 1. The van der Waals surface area contributed by atoms with Crippen LogP contribution in [0.15, 0.2) is 36.4 Å². The standard InChI is InChI=1S/C16H18ClN3O/c17-14-9-15(18-10-12-5-4-8-21-11-12)20-16(19-14)13-6-2-1-3-7-13/h1-3,6-7,9,12H,4-5,8,10-11H2,(H,18,19,20). The first-order valence-electron chi connectivity index (χ1n) is 7.23. The zero-order valence-electron chi connectivity index (χ0n) is 11.8. The van der Waals surface area contributed by atoms with Crippen molar-refractivity contribution in [1.29, 1.82) is 0 Å². The van der Waals surface area contributed by atoms with E-state index < -0.39 is 0 Å². The van der Waals surface area contributed by atoms with Crippen molar-refractivity contribution in [3.05, 3.63) is 41.6 Å². The summed E-state index contributed by atoms with van der Waals surface area (Å²) < 4.78 is 5.49. The van der Waals surface area contributed by atoms with Crippen LogP contribution in [-0.2, 0) is 4.74 Å². The fourth-order valence-electron chi connectivity index (χ4n) is 2.44. The Morgan fingerprint density at radius 1 is 1.24 bits per heavy atom. The minimum absolute atomic E-state index is 0.450. The van der Waals surface area contributed by atoms with Gasteiger partial charge in [0.1, 0.15) is 11.0 Å². The molecule has 4 nitrogen and oxygen atoms in total. The van der Waals surface area contributed by atoms with E-state index in [2.05, 4.69) is 15.3 Å². The Kier molecular flexibility index (Phi) is 4.68. The molecular formula is C16H18ClN3O. The van der Waals surface area contributed by atoms with E-state index in [0.717, 1.165) is 37.6 Å².